The molecule has 0 aliphatic rings. The molecule has 0 aliphatic heterocycles. The highest BCUT2D eigenvalue weighted by atomic mass is 35.5. The molecule has 0 radical (unpaired) electrons. The summed E-state index contributed by atoms with van der Waals surface area (Å²) in [5.41, 5.74) is 0.736. The maximum atomic E-state index is 13.2. The molecule has 0 N–H and O–H groups in total. The first-order valence-electron chi connectivity index (χ1n) is 10.2. The average Bonchev–Trinajstić information content (AvgIpc) is 3.14. The molecule has 0 bridgehead atoms. The zero-order valence-electron chi connectivity index (χ0n) is 18.7. The van der Waals surface area contributed by atoms with Crippen molar-refractivity contribution in [2.75, 3.05) is 44.4 Å². The molecule has 33 heavy (non-hydrogen) atoms. The van der Waals surface area contributed by atoms with E-state index in [2.05, 4.69) is 4.98 Å². The summed E-state index contributed by atoms with van der Waals surface area (Å²) in [4.78, 5) is 21.3. The van der Waals surface area contributed by atoms with Gasteiger partial charge >= 0.3 is 0 Å². The van der Waals surface area contributed by atoms with Crippen LogP contribution in [0.4, 0.5) is 5.13 Å². The number of hydrogen-bond donors (Lipinski definition) is 0. The van der Waals surface area contributed by atoms with Gasteiger partial charge in [-0.1, -0.05) is 22.9 Å². The summed E-state index contributed by atoms with van der Waals surface area (Å²) in [6, 6.07) is 11.4. The number of thiazole rings is 1. The molecule has 1 aromatic heterocycles. The van der Waals surface area contributed by atoms with Crippen molar-refractivity contribution >= 4 is 66.4 Å². The number of fused-ring (bicyclic) bond motifs is 1. The molecule has 0 saturated carbocycles. The van der Waals surface area contributed by atoms with Crippen LogP contribution < -0.4 is 9.64 Å². The van der Waals surface area contributed by atoms with Crippen molar-refractivity contribution in [2.45, 2.75) is 18.2 Å². The van der Waals surface area contributed by atoms with Crippen LogP contribution >= 0.6 is 35.3 Å². The Kier molecular flexibility index (Phi) is 9.93. The molecule has 0 spiro atoms. The highest BCUT2D eigenvalue weighted by Gasteiger charge is 2.26. The minimum Gasteiger partial charge on any atom is -0.494 e. The smallest absolute Gasteiger partial charge is 0.244 e. The van der Waals surface area contributed by atoms with Crippen molar-refractivity contribution in [3.63, 3.8) is 0 Å². The lowest BCUT2D eigenvalue weighted by atomic mass is 10.3. The molecule has 3 rings (SSSR count). The fourth-order valence-electron chi connectivity index (χ4n) is 3.10. The first-order valence-corrected chi connectivity index (χ1v) is 13.0. The molecule has 1 amide bonds. The molecule has 0 fully saturated rings. The number of ether oxygens (including phenoxy) is 1. The topological polar surface area (TPSA) is 79.8 Å². The highest BCUT2D eigenvalue weighted by Crippen LogP contribution is 2.32. The Morgan fingerprint density at radius 1 is 1.12 bits per heavy atom. The predicted molar refractivity (Wildman–Crippen MR) is 137 cm³/mol. The Morgan fingerprint density at radius 2 is 1.82 bits per heavy atom. The first kappa shape index (κ1) is 27.3. The Hall–Kier alpha value is -1.91. The number of benzene rings is 2. The third kappa shape index (κ3) is 7.28. The fraction of sp³-hybridized carbons (Fsp3) is 0.364. The normalized spacial score (nSPS) is 11.4. The number of anilines is 1. The predicted octanol–water partition coefficient (Wildman–Crippen LogP) is 4.53. The van der Waals surface area contributed by atoms with Crippen molar-refractivity contribution in [1.82, 2.24) is 9.88 Å². The summed E-state index contributed by atoms with van der Waals surface area (Å²) in [6.45, 7) is 3.59. The number of hydrogen-bond acceptors (Lipinski definition) is 7. The van der Waals surface area contributed by atoms with Gasteiger partial charge in [-0.25, -0.2) is 13.4 Å². The lowest BCUT2D eigenvalue weighted by Gasteiger charge is -2.21. The van der Waals surface area contributed by atoms with Crippen LogP contribution in [0, 0.1) is 0 Å². The number of nitrogens with zero attached hydrogens (tertiary/aromatic N) is 3. The van der Waals surface area contributed by atoms with Crippen LogP contribution in [-0.2, 0) is 14.6 Å². The van der Waals surface area contributed by atoms with Crippen LogP contribution in [0.2, 0.25) is 5.02 Å². The quantitative estimate of drug-likeness (QED) is 0.382. The Balaban J connectivity index is 0.00000385. The van der Waals surface area contributed by atoms with Crippen LogP contribution in [0.3, 0.4) is 0 Å². The lowest BCUT2D eigenvalue weighted by Crippen LogP contribution is -2.37. The molecule has 0 aliphatic carbocycles. The van der Waals surface area contributed by atoms with E-state index in [0.29, 0.717) is 29.7 Å². The van der Waals surface area contributed by atoms with E-state index < -0.39 is 21.5 Å². The first-order chi connectivity index (χ1) is 15.2. The number of aromatic nitrogens is 1. The zero-order valence-corrected chi connectivity index (χ0v) is 21.9. The molecule has 1 heterocycles. The Bertz CT molecular complexity index is 1180. The monoisotopic (exact) mass is 531 g/mol. The van der Waals surface area contributed by atoms with Gasteiger partial charge in [-0.05, 0) is 76.4 Å². The summed E-state index contributed by atoms with van der Waals surface area (Å²) in [5, 5.41) is 0.908. The van der Waals surface area contributed by atoms with Gasteiger partial charge < -0.3 is 9.64 Å². The van der Waals surface area contributed by atoms with Gasteiger partial charge in [-0.15, -0.1) is 12.4 Å². The minimum atomic E-state index is -3.82. The molecular weight excluding hydrogens is 505 g/mol. The minimum absolute atomic E-state index is 0. The molecule has 180 valence electrons. The Labute approximate surface area is 209 Å². The maximum Gasteiger partial charge on any atom is 0.244 e. The van der Waals surface area contributed by atoms with Crippen molar-refractivity contribution < 1.29 is 17.9 Å². The number of amides is 1. The Morgan fingerprint density at radius 3 is 2.45 bits per heavy atom. The highest BCUT2D eigenvalue weighted by molar-refractivity contribution is 7.92. The number of carbonyl (C=O) groups is 1. The van der Waals surface area contributed by atoms with Crippen molar-refractivity contribution in [3.8, 4) is 5.75 Å². The van der Waals surface area contributed by atoms with Crippen LogP contribution in [0.25, 0.3) is 10.2 Å². The summed E-state index contributed by atoms with van der Waals surface area (Å²) >= 11 is 7.20. The third-order valence-electron chi connectivity index (χ3n) is 4.66. The molecule has 11 heteroatoms. The number of sulfone groups is 1. The maximum absolute atomic E-state index is 13.2. The average molecular weight is 533 g/mol. The van der Waals surface area contributed by atoms with Crippen LogP contribution in [0.1, 0.15) is 13.3 Å². The molecule has 0 saturated heterocycles. The van der Waals surface area contributed by atoms with Crippen LogP contribution in [-0.4, -0.2) is 63.8 Å². The van der Waals surface area contributed by atoms with E-state index in [1.165, 1.54) is 40.5 Å². The van der Waals surface area contributed by atoms with Gasteiger partial charge in [-0.2, -0.15) is 0 Å². The number of rotatable bonds is 10. The number of carbonyl (C=O) groups excluding carboxylic acids is 1. The summed E-state index contributed by atoms with van der Waals surface area (Å²) in [6.07, 6.45) is 0.680. The van der Waals surface area contributed by atoms with Crippen LogP contribution in [0.5, 0.6) is 5.75 Å². The summed E-state index contributed by atoms with van der Waals surface area (Å²) < 4.78 is 32.1. The molecule has 2 aromatic carbocycles. The standard InChI is InChI=1S/C22H26ClN3O4S2.ClH/c1-4-30-17-8-11-19-20(14-17)31-22(24-19)26(13-5-12-25(2)3)21(27)15-32(28,29)18-9-6-16(23)7-10-18;/h6-11,14H,4-5,12-13,15H2,1-3H3;1H. The van der Waals surface area contributed by atoms with Crippen molar-refractivity contribution in [2.24, 2.45) is 0 Å². The van der Waals surface area contributed by atoms with E-state index in [0.717, 1.165) is 22.5 Å². The van der Waals surface area contributed by atoms with Crippen molar-refractivity contribution in [3.05, 3.63) is 47.5 Å². The summed E-state index contributed by atoms with van der Waals surface area (Å²) in [7, 11) is 0.0788. The second-order valence-electron chi connectivity index (χ2n) is 7.47. The van der Waals surface area contributed by atoms with Gasteiger partial charge in [0.05, 0.1) is 21.7 Å². The van der Waals surface area contributed by atoms with Crippen LogP contribution in [0.15, 0.2) is 47.4 Å². The molecule has 0 atom stereocenters. The van der Waals surface area contributed by atoms with Gasteiger partial charge in [0.25, 0.3) is 0 Å². The SMILES string of the molecule is CCOc1ccc2nc(N(CCCN(C)C)C(=O)CS(=O)(=O)c3ccc(Cl)cc3)sc2c1.Cl. The van der Waals surface area contributed by atoms with Gasteiger partial charge in [0.2, 0.25) is 5.91 Å². The van der Waals surface area contributed by atoms with E-state index >= 15 is 0 Å². The van der Waals surface area contributed by atoms with Gasteiger partial charge in [-0.3, -0.25) is 9.69 Å². The van der Waals surface area contributed by atoms with Gasteiger partial charge in [0, 0.05) is 11.6 Å². The second kappa shape index (κ2) is 12.0. The van der Waals surface area contributed by atoms with Gasteiger partial charge in [0.15, 0.2) is 15.0 Å². The molecule has 0 unspecified atom stereocenters. The fourth-order valence-corrected chi connectivity index (χ4v) is 5.46. The summed E-state index contributed by atoms with van der Waals surface area (Å²) in [5.74, 6) is -0.426. The van der Waals surface area contributed by atoms with E-state index in [4.69, 9.17) is 16.3 Å². The number of halogens is 2. The molecule has 3 aromatic rings. The van der Waals surface area contributed by atoms with E-state index in [1.54, 1.807) is 0 Å². The van der Waals surface area contributed by atoms with Crippen molar-refractivity contribution in [1.29, 1.82) is 0 Å². The lowest BCUT2D eigenvalue weighted by molar-refractivity contribution is -0.116. The third-order valence-corrected chi connectivity index (χ3v) is 7.58. The molecule has 7 nitrogen and oxygen atoms in total. The van der Waals surface area contributed by atoms with Gasteiger partial charge in [0.1, 0.15) is 11.5 Å². The molecular formula is C22H27Cl2N3O4S2. The van der Waals surface area contributed by atoms with E-state index in [-0.39, 0.29) is 17.3 Å². The zero-order chi connectivity index (χ0) is 23.3. The largest absolute Gasteiger partial charge is 0.494 e. The second-order valence-corrected chi connectivity index (χ2v) is 10.9. The van der Waals surface area contributed by atoms with E-state index in [9.17, 15) is 13.2 Å². The van der Waals surface area contributed by atoms with E-state index in [1.807, 2.05) is 44.1 Å².